The summed E-state index contributed by atoms with van der Waals surface area (Å²) in [6.07, 6.45) is 0.0693. The summed E-state index contributed by atoms with van der Waals surface area (Å²) in [4.78, 5) is 13.7. The minimum Gasteiger partial charge on any atom is -0.444 e. The first-order valence-corrected chi connectivity index (χ1v) is 8.77. The lowest BCUT2D eigenvalue weighted by atomic mass is 10.1. The van der Waals surface area contributed by atoms with Crippen molar-refractivity contribution in [3.63, 3.8) is 0 Å². The van der Waals surface area contributed by atoms with Crippen LogP contribution in [0.15, 0.2) is 30.5 Å². The van der Waals surface area contributed by atoms with Gasteiger partial charge in [-0.25, -0.2) is 13.6 Å². The number of ether oxygens (including phenoxy) is 3. The molecule has 1 aromatic heterocycles. The van der Waals surface area contributed by atoms with Gasteiger partial charge in [0, 0.05) is 30.4 Å². The Morgan fingerprint density at radius 2 is 2.11 bits per heavy atom. The van der Waals surface area contributed by atoms with Crippen LogP contribution in [0.3, 0.4) is 0 Å². The van der Waals surface area contributed by atoms with Crippen molar-refractivity contribution in [2.75, 3.05) is 19.7 Å². The van der Waals surface area contributed by atoms with Crippen LogP contribution < -0.4 is 4.74 Å². The summed E-state index contributed by atoms with van der Waals surface area (Å²) in [7, 11) is 0. The van der Waals surface area contributed by atoms with Crippen LogP contribution in [0.2, 0.25) is 0 Å². The highest BCUT2D eigenvalue weighted by atomic mass is 19.2. The molecular formula is C19H21F2N3O4. The molecule has 1 amide bonds. The number of aromatic nitrogens is 2. The molecule has 0 saturated carbocycles. The first-order valence-electron chi connectivity index (χ1n) is 8.77. The number of morpholine rings is 1. The Bertz CT molecular complexity index is 843. The van der Waals surface area contributed by atoms with Crippen molar-refractivity contribution >= 4 is 6.09 Å². The summed E-state index contributed by atoms with van der Waals surface area (Å²) >= 11 is 0. The van der Waals surface area contributed by atoms with Crippen LogP contribution in [0.25, 0.3) is 0 Å². The van der Waals surface area contributed by atoms with Gasteiger partial charge in [0.15, 0.2) is 11.6 Å². The monoisotopic (exact) mass is 393 g/mol. The van der Waals surface area contributed by atoms with Crippen molar-refractivity contribution in [2.45, 2.75) is 32.5 Å². The Morgan fingerprint density at radius 1 is 1.32 bits per heavy atom. The maximum absolute atomic E-state index is 14.4. The summed E-state index contributed by atoms with van der Waals surface area (Å²) in [5.74, 6) is -1.95. The van der Waals surface area contributed by atoms with Crippen LogP contribution in [0.5, 0.6) is 11.6 Å². The maximum atomic E-state index is 14.4. The molecule has 0 radical (unpaired) electrons. The molecule has 7 nitrogen and oxygen atoms in total. The molecule has 1 aliphatic rings. The number of hydrogen-bond donors (Lipinski definition) is 0. The van der Waals surface area contributed by atoms with Crippen LogP contribution in [0.1, 0.15) is 32.4 Å². The van der Waals surface area contributed by atoms with Gasteiger partial charge in [-0.3, -0.25) is 0 Å². The van der Waals surface area contributed by atoms with Crippen molar-refractivity contribution in [3.05, 3.63) is 47.7 Å². The molecular weight excluding hydrogens is 372 g/mol. The highest BCUT2D eigenvalue weighted by molar-refractivity contribution is 5.68. The van der Waals surface area contributed by atoms with E-state index in [1.165, 1.54) is 23.2 Å². The molecule has 0 spiro atoms. The Labute approximate surface area is 161 Å². The summed E-state index contributed by atoms with van der Waals surface area (Å²) in [6.45, 7) is 5.76. The Kier molecular flexibility index (Phi) is 5.73. The number of rotatable bonds is 3. The van der Waals surface area contributed by atoms with E-state index in [1.807, 2.05) is 0 Å². The lowest BCUT2D eigenvalue weighted by molar-refractivity contribution is -0.0445. The predicted octanol–water partition coefficient (Wildman–Crippen LogP) is 3.86. The molecule has 1 aromatic carbocycles. The van der Waals surface area contributed by atoms with Gasteiger partial charge in [-0.05, 0) is 32.9 Å². The van der Waals surface area contributed by atoms with Crippen molar-refractivity contribution in [3.8, 4) is 11.6 Å². The lowest BCUT2D eigenvalue weighted by Crippen LogP contribution is -2.44. The van der Waals surface area contributed by atoms with Crippen molar-refractivity contribution in [1.82, 2.24) is 15.1 Å². The highest BCUT2D eigenvalue weighted by Crippen LogP contribution is 2.31. The van der Waals surface area contributed by atoms with E-state index in [-0.39, 0.29) is 30.3 Å². The molecule has 2 heterocycles. The largest absolute Gasteiger partial charge is 0.444 e. The van der Waals surface area contributed by atoms with E-state index in [9.17, 15) is 13.6 Å². The fourth-order valence-corrected chi connectivity index (χ4v) is 2.67. The van der Waals surface area contributed by atoms with Crippen LogP contribution in [0.4, 0.5) is 13.6 Å². The second kappa shape index (κ2) is 8.05. The van der Waals surface area contributed by atoms with E-state index in [1.54, 1.807) is 26.8 Å². The minimum absolute atomic E-state index is 0.0276. The smallest absolute Gasteiger partial charge is 0.410 e. The van der Waals surface area contributed by atoms with Crippen LogP contribution in [-0.4, -0.2) is 46.5 Å². The van der Waals surface area contributed by atoms with Crippen LogP contribution in [-0.2, 0) is 9.47 Å². The number of carbonyl (C=O) groups excluding carboxylic acids is 1. The SMILES string of the molecule is CC(C)(C)OC(=O)N1CCOC(c2cc(Oc3cccnn3)cc(F)c2F)C1. The zero-order chi connectivity index (χ0) is 20.3. The third-order valence-corrected chi connectivity index (χ3v) is 3.87. The van der Waals surface area contributed by atoms with Gasteiger partial charge in [0.1, 0.15) is 17.5 Å². The minimum atomic E-state index is -1.09. The van der Waals surface area contributed by atoms with Gasteiger partial charge in [-0.2, -0.15) is 5.10 Å². The molecule has 28 heavy (non-hydrogen) atoms. The standard InChI is InChI=1S/C19H21F2N3O4/c1-19(2,3)28-18(25)24-7-8-26-15(11-24)13-9-12(10-14(20)17(13)21)27-16-5-4-6-22-23-16/h4-6,9-10,15H,7-8,11H2,1-3H3. The third-order valence-electron chi connectivity index (χ3n) is 3.87. The maximum Gasteiger partial charge on any atom is 0.410 e. The van der Waals surface area contributed by atoms with Gasteiger partial charge in [0.05, 0.1) is 13.2 Å². The van der Waals surface area contributed by atoms with E-state index in [2.05, 4.69) is 10.2 Å². The van der Waals surface area contributed by atoms with E-state index in [4.69, 9.17) is 14.2 Å². The molecule has 0 bridgehead atoms. The molecule has 1 saturated heterocycles. The second-order valence-electron chi connectivity index (χ2n) is 7.26. The zero-order valence-corrected chi connectivity index (χ0v) is 15.8. The molecule has 0 aliphatic carbocycles. The normalized spacial score (nSPS) is 17.3. The molecule has 1 fully saturated rings. The van der Waals surface area contributed by atoms with E-state index >= 15 is 0 Å². The van der Waals surface area contributed by atoms with Gasteiger partial charge in [0.2, 0.25) is 5.88 Å². The zero-order valence-electron chi connectivity index (χ0n) is 15.8. The van der Waals surface area contributed by atoms with Gasteiger partial charge in [-0.15, -0.1) is 5.10 Å². The van der Waals surface area contributed by atoms with Crippen molar-refractivity contribution in [1.29, 1.82) is 0 Å². The molecule has 1 unspecified atom stereocenters. The first kappa shape index (κ1) is 19.9. The second-order valence-corrected chi connectivity index (χ2v) is 7.26. The van der Waals surface area contributed by atoms with Gasteiger partial charge >= 0.3 is 6.09 Å². The predicted molar refractivity (Wildman–Crippen MR) is 95.0 cm³/mol. The molecule has 9 heteroatoms. The Hall–Kier alpha value is -2.81. The lowest BCUT2D eigenvalue weighted by Gasteiger charge is -2.34. The average molecular weight is 393 g/mol. The van der Waals surface area contributed by atoms with E-state index in [0.717, 1.165) is 6.07 Å². The highest BCUT2D eigenvalue weighted by Gasteiger charge is 2.31. The number of benzene rings is 1. The molecule has 1 aliphatic heterocycles. The van der Waals surface area contributed by atoms with E-state index < -0.39 is 29.4 Å². The number of carbonyl (C=O) groups is 1. The topological polar surface area (TPSA) is 73.8 Å². The molecule has 2 aromatic rings. The number of hydrogen-bond acceptors (Lipinski definition) is 6. The van der Waals surface area contributed by atoms with Gasteiger partial charge in [-0.1, -0.05) is 0 Å². The molecule has 0 N–H and O–H groups in total. The molecule has 3 rings (SSSR count). The quantitative estimate of drug-likeness (QED) is 0.789. The summed E-state index contributed by atoms with van der Waals surface area (Å²) in [6, 6.07) is 5.39. The summed E-state index contributed by atoms with van der Waals surface area (Å²) < 4.78 is 44.9. The average Bonchev–Trinajstić information content (AvgIpc) is 2.64. The fourth-order valence-electron chi connectivity index (χ4n) is 2.67. The number of amides is 1. The molecule has 1 atom stereocenters. The Morgan fingerprint density at radius 3 is 2.79 bits per heavy atom. The molecule has 150 valence electrons. The van der Waals surface area contributed by atoms with Gasteiger partial charge < -0.3 is 19.1 Å². The number of nitrogens with zero attached hydrogens (tertiary/aromatic N) is 3. The van der Waals surface area contributed by atoms with Crippen LogP contribution >= 0.6 is 0 Å². The van der Waals surface area contributed by atoms with E-state index in [0.29, 0.717) is 6.54 Å². The first-order chi connectivity index (χ1) is 13.2. The number of halogens is 2. The van der Waals surface area contributed by atoms with Crippen molar-refractivity contribution in [2.24, 2.45) is 0 Å². The van der Waals surface area contributed by atoms with Crippen LogP contribution in [0, 0.1) is 11.6 Å². The Balaban J connectivity index is 1.80. The van der Waals surface area contributed by atoms with Gasteiger partial charge in [0.25, 0.3) is 0 Å². The third kappa shape index (κ3) is 4.92. The summed E-state index contributed by atoms with van der Waals surface area (Å²) in [5, 5.41) is 7.41. The summed E-state index contributed by atoms with van der Waals surface area (Å²) in [5.41, 5.74) is -0.709. The fraction of sp³-hybridized carbons (Fsp3) is 0.421. The van der Waals surface area contributed by atoms with Crippen molar-refractivity contribution < 1.29 is 27.8 Å².